The standard InChI is InChI=1S/C10H18/c1-9(2)8-10(9)6-4-3-5-7-10/h3-8H2,1-2H3. The smallest absolute Gasteiger partial charge is 0.0241 e. The average Bonchev–Trinajstić information content (AvgIpc) is 2.36. The Labute approximate surface area is 64.0 Å². The Bertz CT molecular complexity index is 138. The van der Waals surface area contributed by atoms with E-state index >= 15 is 0 Å². The van der Waals surface area contributed by atoms with Gasteiger partial charge in [-0.1, -0.05) is 33.1 Å². The van der Waals surface area contributed by atoms with Crippen LogP contribution in [-0.2, 0) is 0 Å². The van der Waals surface area contributed by atoms with Crippen molar-refractivity contribution in [3.8, 4) is 0 Å². The van der Waals surface area contributed by atoms with Crippen molar-refractivity contribution in [2.45, 2.75) is 52.4 Å². The molecule has 0 unspecified atom stereocenters. The molecule has 58 valence electrons. The number of hydrogen-bond donors (Lipinski definition) is 0. The second-order valence-electron chi connectivity index (χ2n) is 4.90. The third-order valence-electron chi connectivity index (χ3n) is 3.90. The van der Waals surface area contributed by atoms with Gasteiger partial charge in [0.25, 0.3) is 0 Å². The van der Waals surface area contributed by atoms with Crippen LogP contribution in [0, 0.1) is 10.8 Å². The largest absolute Gasteiger partial charge is 0.0594 e. The van der Waals surface area contributed by atoms with E-state index in [0.29, 0.717) is 5.41 Å². The maximum atomic E-state index is 2.44. The zero-order valence-corrected chi connectivity index (χ0v) is 7.24. The summed E-state index contributed by atoms with van der Waals surface area (Å²) in [5.74, 6) is 0. The molecular weight excluding hydrogens is 120 g/mol. The first kappa shape index (κ1) is 6.69. The lowest BCUT2D eigenvalue weighted by molar-refractivity contribution is 0.270. The molecule has 0 aliphatic heterocycles. The lowest BCUT2D eigenvalue weighted by Gasteiger charge is -2.24. The van der Waals surface area contributed by atoms with Gasteiger partial charge in [-0.2, -0.15) is 0 Å². The van der Waals surface area contributed by atoms with Crippen LogP contribution in [0.25, 0.3) is 0 Å². The van der Waals surface area contributed by atoms with E-state index in [4.69, 9.17) is 0 Å². The normalized spacial score (nSPS) is 34.2. The van der Waals surface area contributed by atoms with E-state index in [2.05, 4.69) is 13.8 Å². The molecule has 10 heavy (non-hydrogen) atoms. The lowest BCUT2D eigenvalue weighted by Crippen LogP contribution is -2.12. The summed E-state index contributed by atoms with van der Waals surface area (Å²) in [5, 5.41) is 0. The maximum Gasteiger partial charge on any atom is -0.0241 e. The van der Waals surface area contributed by atoms with Crippen molar-refractivity contribution in [1.29, 1.82) is 0 Å². The summed E-state index contributed by atoms with van der Waals surface area (Å²) in [6.45, 7) is 4.89. The molecule has 0 N–H and O–H groups in total. The minimum Gasteiger partial charge on any atom is -0.0594 e. The molecule has 2 aliphatic carbocycles. The highest BCUT2D eigenvalue weighted by atomic mass is 14.6. The molecule has 0 aromatic carbocycles. The predicted molar refractivity (Wildman–Crippen MR) is 43.9 cm³/mol. The lowest BCUT2D eigenvalue weighted by atomic mass is 9.81. The first-order chi connectivity index (χ1) is 4.66. The van der Waals surface area contributed by atoms with Gasteiger partial charge in [0.2, 0.25) is 0 Å². The van der Waals surface area contributed by atoms with Crippen molar-refractivity contribution < 1.29 is 0 Å². The minimum atomic E-state index is 0.716. The zero-order chi connectivity index (χ0) is 7.24. The quantitative estimate of drug-likeness (QED) is 0.481. The highest BCUT2D eigenvalue weighted by Crippen LogP contribution is 2.69. The van der Waals surface area contributed by atoms with Crippen molar-refractivity contribution in [1.82, 2.24) is 0 Å². The summed E-state index contributed by atoms with van der Waals surface area (Å²) in [7, 11) is 0. The van der Waals surface area contributed by atoms with Crippen LogP contribution in [0.1, 0.15) is 52.4 Å². The first-order valence-electron chi connectivity index (χ1n) is 4.66. The highest BCUT2D eigenvalue weighted by Gasteiger charge is 2.59. The fraction of sp³-hybridized carbons (Fsp3) is 1.00. The van der Waals surface area contributed by atoms with Crippen LogP contribution >= 0.6 is 0 Å². The molecule has 2 rings (SSSR count). The van der Waals surface area contributed by atoms with Crippen molar-refractivity contribution in [2.75, 3.05) is 0 Å². The molecule has 0 heteroatoms. The van der Waals surface area contributed by atoms with Gasteiger partial charge in [0.05, 0.1) is 0 Å². The molecule has 0 nitrogen and oxygen atoms in total. The van der Waals surface area contributed by atoms with Gasteiger partial charge in [-0.3, -0.25) is 0 Å². The highest BCUT2D eigenvalue weighted by molar-refractivity contribution is 5.09. The molecule has 0 aromatic heterocycles. The molecule has 2 saturated carbocycles. The van der Waals surface area contributed by atoms with Gasteiger partial charge in [-0.05, 0) is 30.1 Å². The maximum absolute atomic E-state index is 2.44. The molecule has 0 atom stereocenters. The Morgan fingerprint density at radius 3 is 1.70 bits per heavy atom. The van der Waals surface area contributed by atoms with E-state index in [1.807, 2.05) is 0 Å². The monoisotopic (exact) mass is 138 g/mol. The Balaban J connectivity index is 2.05. The second-order valence-corrected chi connectivity index (χ2v) is 4.90. The van der Waals surface area contributed by atoms with Gasteiger partial charge in [-0.25, -0.2) is 0 Å². The zero-order valence-electron chi connectivity index (χ0n) is 7.24. The van der Waals surface area contributed by atoms with Crippen LogP contribution in [0.4, 0.5) is 0 Å². The summed E-state index contributed by atoms with van der Waals surface area (Å²) >= 11 is 0. The van der Waals surface area contributed by atoms with Gasteiger partial charge >= 0.3 is 0 Å². The molecule has 0 radical (unpaired) electrons. The molecule has 0 amide bonds. The summed E-state index contributed by atoms with van der Waals surface area (Å²) in [6, 6.07) is 0. The SMILES string of the molecule is CC1(C)CC12CCCCC2. The minimum absolute atomic E-state index is 0.716. The molecule has 1 spiro atoms. The average molecular weight is 138 g/mol. The van der Waals surface area contributed by atoms with Crippen LogP contribution in [0.2, 0.25) is 0 Å². The fourth-order valence-electron chi connectivity index (χ4n) is 2.88. The van der Waals surface area contributed by atoms with E-state index in [1.165, 1.54) is 38.5 Å². The Kier molecular flexibility index (Phi) is 1.19. The van der Waals surface area contributed by atoms with Gasteiger partial charge in [0, 0.05) is 0 Å². The van der Waals surface area contributed by atoms with E-state index in [0.717, 1.165) is 5.41 Å². The summed E-state index contributed by atoms with van der Waals surface area (Å²) in [6.07, 6.45) is 9.07. The first-order valence-corrected chi connectivity index (χ1v) is 4.66. The van der Waals surface area contributed by atoms with Crippen LogP contribution < -0.4 is 0 Å². The fourth-order valence-corrected chi connectivity index (χ4v) is 2.88. The topological polar surface area (TPSA) is 0 Å². The molecule has 0 saturated heterocycles. The van der Waals surface area contributed by atoms with Crippen LogP contribution in [0.5, 0.6) is 0 Å². The summed E-state index contributed by atoms with van der Waals surface area (Å²) in [4.78, 5) is 0. The molecular formula is C10H18. The number of hydrogen-bond acceptors (Lipinski definition) is 0. The van der Waals surface area contributed by atoms with Crippen LogP contribution in [-0.4, -0.2) is 0 Å². The Hall–Kier alpha value is 0. The summed E-state index contributed by atoms with van der Waals surface area (Å²) in [5.41, 5.74) is 1.54. The van der Waals surface area contributed by atoms with Crippen LogP contribution in [0.3, 0.4) is 0 Å². The van der Waals surface area contributed by atoms with E-state index in [-0.39, 0.29) is 0 Å². The van der Waals surface area contributed by atoms with E-state index in [9.17, 15) is 0 Å². The van der Waals surface area contributed by atoms with Crippen molar-refractivity contribution in [3.63, 3.8) is 0 Å². The van der Waals surface area contributed by atoms with Crippen molar-refractivity contribution >= 4 is 0 Å². The van der Waals surface area contributed by atoms with Crippen molar-refractivity contribution in [3.05, 3.63) is 0 Å². The molecule has 0 bridgehead atoms. The summed E-state index contributed by atoms with van der Waals surface area (Å²) < 4.78 is 0. The molecule has 0 heterocycles. The van der Waals surface area contributed by atoms with E-state index in [1.54, 1.807) is 0 Å². The van der Waals surface area contributed by atoms with Gasteiger partial charge in [0.15, 0.2) is 0 Å². The van der Waals surface area contributed by atoms with E-state index < -0.39 is 0 Å². The Morgan fingerprint density at radius 1 is 0.900 bits per heavy atom. The van der Waals surface area contributed by atoms with Crippen LogP contribution in [0.15, 0.2) is 0 Å². The third kappa shape index (κ3) is 0.741. The van der Waals surface area contributed by atoms with Gasteiger partial charge in [0.1, 0.15) is 0 Å². The Morgan fingerprint density at radius 2 is 1.40 bits per heavy atom. The van der Waals surface area contributed by atoms with Crippen molar-refractivity contribution in [2.24, 2.45) is 10.8 Å². The predicted octanol–water partition coefficient (Wildman–Crippen LogP) is 3.37. The van der Waals surface area contributed by atoms with Gasteiger partial charge in [-0.15, -0.1) is 0 Å². The molecule has 2 fully saturated rings. The molecule has 0 aromatic rings. The number of rotatable bonds is 0. The van der Waals surface area contributed by atoms with Gasteiger partial charge < -0.3 is 0 Å². The second kappa shape index (κ2) is 1.78. The third-order valence-corrected chi connectivity index (χ3v) is 3.90. The molecule has 2 aliphatic rings.